The van der Waals surface area contributed by atoms with Gasteiger partial charge in [-0.25, -0.2) is 0 Å². The van der Waals surface area contributed by atoms with Crippen LogP contribution in [0, 0.1) is 0 Å². The maximum absolute atomic E-state index is 12.8. The van der Waals surface area contributed by atoms with Crippen molar-refractivity contribution >= 4 is 45.0 Å². The molecule has 2 aliphatic heterocycles. The molecule has 2 heterocycles. The molecule has 35 heavy (non-hydrogen) atoms. The molecule has 0 atom stereocenters. The summed E-state index contributed by atoms with van der Waals surface area (Å²) in [5.74, 6) is -1.15. The lowest BCUT2D eigenvalue weighted by atomic mass is 9.84. The van der Waals surface area contributed by atoms with Crippen LogP contribution in [-0.2, 0) is 25.1 Å². The van der Waals surface area contributed by atoms with Crippen LogP contribution < -0.4 is 4.90 Å². The number of carbonyl (C=O) groups excluding carboxylic acids is 2. The van der Waals surface area contributed by atoms with Gasteiger partial charge in [-0.3, -0.25) is 23.9 Å². The van der Waals surface area contributed by atoms with Crippen molar-refractivity contribution in [1.82, 2.24) is 9.80 Å². The number of hydrogen-bond donors (Lipinski definition) is 1. The van der Waals surface area contributed by atoms with E-state index in [1.165, 1.54) is 15.9 Å². The highest BCUT2D eigenvalue weighted by molar-refractivity contribution is 7.85. The van der Waals surface area contributed by atoms with Gasteiger partial charge in [-0.2, -0.15) is 8.42 Å². The van der Waals surface area contributed by atoms with Crippen molar-refractivity contribution in [2.75, 3.05) is 30.3 Å². The number of allylic oxidation sites excluding steroid dienone is 5. The summed E-state index contributed by atoms with van der Waals surface area (Å²) in [6, 6.07) is 7.91. The molecule has 10 heteroatoms. The number of fused-ring (bicyclic) bond motifs is 1. The SMILES string of the molecule is CCN1C(=O)C(=CC=CC=C2N(CCCS(=O)(=O)O)c3ccccc3C2(C)C)C(=O)N(CC)C1=S. The second-order valence-corrected chi connectivity index (χ2v) is 10.8. The van der Waals surface area contributed by atoms with Crippen molar-refractivity contribution in [2.24, 2.45) is 0 Å². The van der Waals surface area contributed by atoms with Crippen LogP contribution in [0.25, 0.3) is 0 Å². The number of para-hydroxylation sites is 1. The minimum atomic E-state index is -4.05. The number of amides is 2. The quantitative estimate of drug-likeness (QED) is 0.244. The maximum atomic E-state index is 12.8. The van der Waals surface area contributed by atoms with Gasteiger partial charge in [0.1, 0.15) is 5.57 Å². The molecule has 1 N–H and O–H groups in total. The Hall–Kier alpha value is -2.82. The maximum Gasteiger partial charge on any atom is 0.265 e. The Morgan fingerprint density at radius 1 is 0.971 bits per heavy atom. The number of rotatable bonds is 8. The first-order chi connectivity index (χ1) is 16.4. The van der Waals surface area contributed by atoms with Gasteiger partial charge in [0.25, 0.3) is 21.9 Å². The minimum Gasteiger partial charge on any atom is -0.344 e. The lowest BCUT2D eigenvalue weighted by Gasteiger charge is -2.35. The Balaban J connectivity index is 1.92. The van der Waals surface area contributed by atoms with Crippen molar-refractivity contribution < 1.29 is 22.6 Å². The van der Waals surface area contributed by atoms with Gasteiger partial charge in [-0.1, -0.05) is 44.2 Å². The van der Waals surface area contributed by atoms with Crippen molar-refractivity contribution in [1.29, 1.82) is 0 Å². The monoisotopic (exact) mass is 517 g/mol. The van der Waals surface area contributed by atoms with E-state index in [1.807, 2.05) is 49.1 Å². The fraction of sp³-hybridized carbons (Fsp3) is 0.400. The summed E-state index contributed by atoms with van der Waals surface area (Å²) in [6.45, 7) is 8.94. The summed E-state index contributed by atoms with van der Waals surface area (Å²) in [7, 11) is -4.05. The van der Waals surface area contributed by atoms with E-state index in [-0.39, 0.29) is 28.3 Å². The molecular weight excluding hydrogens is 486 g/mol. The van der Waals surface area contributed by atoms with Crippen LogP contribution in [0.2, 0.25) is 0 Å². The van der Waals surface area contributed by atoms with Crippen LogP contribution in [0.15, 0.2) is 59.8 Å². The third-order valence-electron chi connectivity index (χ3n) is 6.26. The van der Waals surface area contributed by atoms with E-state index in [0.717, 1.165) is 16.9 Å². The summed E-state index contributed by atoms with van der Waals surface area (Å²) >= 11 is 5.29. The molecule has 3 rings (SSSR count). The molecule has 2 aliphatic rings. The average Bonchev–Trinajstić information content (AvgIpc) is 2.99. The zero-order valence-corrected chi connectivity index (χ0v) is 22.0. The molecule has 1 aromatic rings. The first-order valence-electron chi connectivity index (χ1n) is 11.5. The molecule has 188 valence electrons. The highest BCUT2D eigenvalue weighted by Crippen LogP contribution is 2.47. The Morgan fingerprint density at radius 2 is 1.54 bits per heavy atom. The molecule has 1 fully saturated rings. The van der Waals surface area contributed by atoms with E-state index < -0.39 is 21.9 Å². The smallest absolute Gasteiger partial charge is 0.265 e. The Morgan fingerprint density at radius 3 is 2.11 bits per heavy atom. The molecular formula is C25H31N3O5S2. The topological polar surface area (TPSA) is 98.2 Å². The number of nitrogens with zero attached hydrogens (tertiary/aromatic N) is 3. The summed E-state index contributed by atoms with van der Waals surface area (Å²) in [5, 5.41) is 0.222. The van der Waals surface area contributed by atoms with Crippen molar-refractivity contribution in [3.8, 4) is 0 Å². The molecule has 0 aliphatic carbocycles. The summed E-state index contributed by atoms with van der Waals surface area (Å²) in [6.07, 6.45) is 7.10. The van der Waals surface area contributed by atoms with Gasteiger partial charge < -0.3 is 4.90 Å². The van der Waals surface area contributed by atoms with Crippen LogP contribution >= 0.6 is 12.2 Å². The normalized spacial score (nSPS) is 19.3. The predicted molar refractivity (Wildman–Crippen MR) is 141 cm³/mol. The minimum absolute atomic E-state index is 0.0518. The second kappa shape index (κ2) is 10.4. The van der Waals surface area contributed by atoms with Crippen molar-refractivity contribution in [3.63, 3.8) is 0 Å². The van der Waals surface area contributed by atoms with Crippen LogP contribution in [0.1, 0.15) is 39.7 Å². The van der Waals surface area contributed by atoms with Gasteiger partial charge in [0.05, 0.1) is 5.75 Å². The van der Waals surface area contributed by atoms with Crippen LogP contribution in [0.4, 0.5) is 5.69 Å². The summed E-state index contributed by atoms with van der Waals surface area (Å²) in [5.41, 5.74) is 2.72. The first-order valence-corrected chi connectivity index (χ1v) is 13.5. The molecule has 0 spiro atoms. The number of benzene rings is 1. The zero-order valence-electron chi connectivity index (χ0n) is 20.4. The first kappa shape index (κ1) is 26.8. The summed E-state index contributed by atoms with van der Waals surface area (Å²) < 4.78 is 31.6. The predicted octanol–water partition coefficient (Wildman–Crippen LogP) is 3.42. The van der Waals surface area contributed by atoms with E-state index in [9.17, 15) is 18.0 Å². The van der Waals surface area contributed by atoms with Gasteiger partial charge >= 0.3 is 0 Å². The number of likely N-dealkylation sites (N-methyl/N-ethyl adjacent to an activating group) is 2. The Kier molecular flexibility index (Phi) is 7.98. The molecule has 0 bridgehead atoms. The van der Waals surface area contributed by atoms with Crippen LogP contribution in [0.3, 0.4) is 0 Å². The average molecular weight is 518 g/mol. The van der Waals surface area contributed by atoms with E-state index in [2.05, 4.69) is 13.8 Å². The highest BCUT2D eigenvalue weighted by atomic mass is 32.2. The standard InChI is InChI=1S/C25H31N3O5S2/c1-5-26-22(29)18(23(30)27(6-2)24(26)34)12-7-10-15-21-25(3,4)19-13-8-9-14-20(19)28(21)16-11-17-35(31,32)33/h7-10,12-15H,5-6,11,16-17H2,1-4H3,(H,31,32,33). The van der Waals surface area contributed by atoms with Gasteiger partial charge in [0, 0.05) is 36.4 Å². The van der Waals surface area contributed by atoms with E-state index in [0.29, 0.717) is 19.6 Å². The fourth-order valence-corrected chi connectivity index (χ4v) is 5.41. The molecule has 1 aromatic carbocycles. The van der Waals surface area contributed by atoms with Crippen molar-refractivity contribution in [2.45, 2.75) is 39.5 Å². The van der Waals surface area contributed by atoms with Crippen LogP contribution in [0.5, 0.6) is 0 Å². The largest absolute Gasteiger partial charge is 0.344 e. The molecule has 1 saturated heterocycles. The third kappa shape index (κ3) is 5.39. The fourth-order valence-electron chi connectivity index (χ4n) is 4.49. The van der Waals surface area contributed by atoms with E-state index >= 15 is 0 Å². The Labute approximate surface area is 212 Å². The third-order valence-corrected chi connectivity index (χ3v) is 7.50. The number of carbonyl (C=O) groups is 2. The lowest BCUT2D eigenvalue weighted by Crippen LogP contribution is -2.55. The van der Waals surface area contributed by atoms with E-state index in [1.54, 1.807) is 12.2 Å². The molecule has 0 radical (unpaired) electrons. The lowest BCUT2D eigenvalue weighted by molar-refractivity contribution is -0.133. The molecule has 0 aromatic heterocycles. The molecule has 0 saturated carbocycles. The van der Waals surface area contributed by atoms with Crippen LogP contribution in [-0.4, -0.2) is 65.1 Å². The van der Waals surface area contributed by atoms with Gasteiger partial charge in [0.15, 0.2) is 5.11 Å². The Bertz CT molecular complexity index is 1200. The number of anilines is 1. The molecule has 8 nitrogen and oxygen atoms in total. The van der Waals surface area contributed by atoms with Gasteiger partial charge in [-0.15, -0.1) is 0 Å². The highest BCUT2D eigenvalue weighted by Gasteiger charge is 2.39. The van der Waals surface area contributed by atoms with Gasteiger partial charge in [-0.05, 0) is 56.3 Å². The molecule has 2 amide bonds. The summed E-state index contributed by atoms with van der Waals surface area (Å²) in [4.78, 5) is 30.4. The number of hydrogen-bond acceptors (Lipinski definition) is 6. The zero-order chi connectivity index (χ0) is 26.0. The second-order valence-electron chi connectivity index (χ2n) is 8.83. The van der Waals surface area contributed by atoms with Crippen molar-refractivity contribution in [3.05, 3.63) is 65.4 Å². The van der Waals surface area contributed by atoms with Gasteiger partial charge in [0.2, 0.25) is 0 Å². The number of thiocarbonyl (C=S) groups is 1. The molecule has 0 unspecified atom stereocenters. The van der Waals surface area contributed by atoms with E-state index in [4.69, 9.17) is 16.8 Å².